The molecule has 3 aromatic rings. The van der Waals surface area contributed by atoms with Crippen molar-refractivity contribution in [1.29, 1.82) is 0 Å². The largest absolute Gasteiger partial charge is 0.385 e. The molecule has 0 radical (unpaired) electrons. The first-order valence-corrected chi connectivity index (χ1v) is 9.00. The third kappa shape index (κ3) is 4.01. The molecular formula is C22H19FN4O. The number of aromatic nitrogens is 1. The maximum atomic E-state index is 13.3. The predicted octanol–water partition coefficient (Wildman–Crippen LogP) is 4.28. The standard InChI is InChI=1S/C22H19FN4O/c23-16-3-8-19-20(22(28)27-21(19)12-16)14-26-18-6-4-17(5-7-18)25-11-9-15-2-1-10-24-13-15/h1-8,10,12-14,25-26H,9,11H2,(H,27,28)/b20-14+. The van der Waals surface area contributed by atoms with Crippen LogP contribution in [0.5, 0.6) is 0 Å². The number of nitrogens with one attached hydrogen (secondary N) is 3. The van der Waals surface area contributed by atoms with E-state index in [-0.39, 0.29) is 11.7 Å². The van der Waals surface area contributed by atoms with Crippen LogP contribution in [0.15, 0.2) is 73.2 Å². The molecule has 0 saturated carbocycles. The Balaban J connectivity index is 1.36. The van der Waals surface area contributed by atoms with Crippen molar-refractivity contribution >= 4 is 28.5 Å². The number of carbonyl (C=O) groups is 1. The number of benzene rings is 2. The summed E-state index contributed by atoms with van der Waals surface area (Å²) in [5, 5.41) is 9.17. The first kappa shape index (κ1) is 17.7. The van der Waals surface area contributed by atoms with Crippen molar-refractivity contribution in [2.24, 2.45) is 0 Å². The minimum absolute atomic E-state index is 0.248. The van der Waals surface area contributed by atoms with Crippen LogP contribution < -0.4 is 16.0 Å². The number of hydrogen-bond donors (Lipinski definition) is 3. The van der Waals surface area contributed by atoms with Crippen LogP contribution >= 0.6 is 0 Å². The van der Waals surface area contributed by atoms with Crippen LogP contribution in [0.4, 0.5) is 21.5 Å². The van der Waals surface area contributed by atoms with Crippen molar-refractivity contribution in [2.75, 3.05) is 22.5 Å². The number of carbonyl (C=O) groups excluding carboxylic acids is 1. The van der Waals surface area contributed by atoms with Crippen LogP contribution in [0.25, 0.3) is 5.57 Å². The molecule has 2 heterocycles. The molecule has 0 aliphatic carbocycles. The fourth-order valence-electron chi connectivity index (χ4n) is 3.05. The molecule has 4 rings (SSSR count). The van der Waals surface area contributed by atoms with Gasteiger partial charge in [0, 0.05) is 42.1 Å². The molecule has 0 atom stereocenters. The van der Waals surface area contributed by atoms with Gasteiger partial charge in [0.15, 0.2) is 0 Å². The van der Waals surface area contributed by atoms with Gasteiger partial charge in [-0.05, 0) is 60.5 Å². The molecule has 0 bridgehead atoms. The van der Waals surface area contributed by atoms with E-state index >= 15 is 0 Å². The first-order chi connectivity index (χ1) is 13.7. The van der Waals surface area contributed by atoms with E-state index in [1.54, 1.807) is 18.5 Å². The average Bonchev–Trinajstić information content (AvgIpc) is 3.02. The average molecular weight is 374 g/mol. The van der Waals surface area contributed by atoms with Gasteiger partial charge in [0.1, 0.15) is 5.82 Å². The highest BCUT2D eigenvalue weighted by molar-refractivity contribution is 6.31. The van der Waals surface area contributed by atoms with Crippen molar-refractivity contribution < 1.29 is 9.18 Å². The second kappa shape index (κ2) is 7.92. The summed E-state index contributed by atoms with van der Waals surface area (Å²) < 4.78 is 13.3. The summed E-state index contributed by atoms with van der Waals surface area (Å²) in [5.74, 6) is -0.623. The van der Waals surface area contributed by atoms with Gasteiger partial charge in [-0.1, -0.05) is 6.07 Å². The van der Waals surface area contributed by atoms with Crippen molar-refractivity contribution in [3.8, 4) is 0 Å². The third-order valence-corrected chi connectivity index (χ3v) is 4.50. The zero-order chi connectivity index (χ0) is 19.3. The Hall–Kier alpha value is -3.67. The van der Waals surface area contributed by atoms with Crippen molar-refractivity contribution in [1.82, 2.24) is 4.98 Å². The van der Waals surface area contributed by atoms with E-state index in [2.05, 4.69) is 27.0 Å². The molecule has 1 aliphatic heterocycles. The lowest BCUT2D eigenvalue weighted by molar-refractivity contribution is -0.110. The number of fused-ring (bicyclic) bond motifs is 1. The summed E-state index contributed by atoms with van der Waals surface area (Å²) in [6, 6.07) is 16.1. The number of halogens is 1. The number of pyridine rings is 1. The van der Waals surface area contributed by atoms with Gasteiger partial charge in [-0.25, -0.2) is 4.39 Å². The normalized spacial score (nSPS) is 13.9. The van der Waals surface area contributed by atoms with Gasteiger partial charge in [-0.15, -0.1) is 0 Å². The van der Waals surface area contributed by atoms with Gasteiger partial charge in [0.25, 0.3) is 5.91 Å². The summed E-state index contributed by atoms with van der Waals surface area (Å²) in [6.07, 6.45) is 6.18. The molecule has 1 aliphatic rings. The molecule has 6 heteroatoms. The molecule has 2 aromatic carbocycles. The quantitative estimate of drug-likeness (QED) is 0.564. The third-order valence-electron chi connectivity index (χ3n) is 4.50. The number of amides is 1. The lowest BCUT2D eigenvalue weighted by atomic mass is 10.1. The molecule has 1 aromatic heterocycles. The lowest BCUT2D eigenvalue weighted by Crippen LogP contribution is -2.06. The second-order valence-electron chi connectivity index (χ2n) is 6.46. The minimum atomic E-state index is -0.375. The predicted molar refractivity (Wildman–Crippen MR) is 110 cm³/mol. The Morgan fingerprint density at radius 3 is 2.68 bits per heavy atom. The van der Waals surface area contributed by atoms with Crippen LogP contribution in [-0.2, 0) is 11.2 Å². The van der Waals surface area contributed by atoms with Crippen LogP contribution in [-0.4, -0.2) is 17.4 Å². The van der Waals surface area contributed by atoms with Crippen LogP contribution in [0.2, 0.25) is 0 Å². The summed E-state index contributed by atoms with van der Waals surface area (Å²) in [6.45, 7) is 0.816. The molecule has 0 fully saturated rings. The molecular weight excluding hydrogens is 355 g/mol. The highest BCUT2D eigenvalue weighted by atomic mass is 19.1. The molecule has 0 unspecified atom stereocenters. The molecule has 28 heavy (non-hydrogen) atoms. The Morgan fingerprint density at radius 1 is 1.07 bits per heavy atom. The van der Waals surface area contributed by atoms with Gasteiger partial charge >= 0.3 is 0 Å². The maximum Gasteiger partial charge on any atom is 0.257 e. The smallest absolute Gasteiger partial charge is 0.257 e. The SMILES string of the molecule is O=C1Nc2cc(F)ccc2/C1=C\Nc1ccc(NCCc2cccnc2)cc1. The summed E-state index contributed by atoms with van der Waals surface area (Å²) in [4.78, 5) is 16.2. The van der Waals surface area contributed by atoms with Crippen LogP contribution in [0.1, 0.15) is 11.1 Å². The van der Waals surface area contributed by atoms with E-state index in [4.69, 9.17) is 0 Å². The zero-order valence-corrected chi connectivity index (χ0v) is 15.1. The topological polar surface area (TPSA) is 66.1 Å². The van der Waals surface area contributed by atoms with Gasteiger partial charge in [-0.2, -0.15) is 0 Å². The van der Waals surface area contributed by atoms with Crippen LogP contribution in [0, 0.1) is 5.82 Å². The molecule has 0 saturated heterocycles. The van der Waals surface area contributed by atoms with Gasteiger partial charge < -0.3 is 16.0 Å². The summed E-state index contributed by atoms with van der Waals surface area (Å²) in [7, 11) is 0. The maximum absolute atomic E-state index is 13.3. The first-order valence-electron chi connectivity index (χ1n) is 9.00. The highest BCUT2D eigenvalue weighted by Gasteiger charge is 2.24. The second-order valence-corrected chi connectivity index (χ2v) is 6.46. The van der Waals surface area contributed by atoms with E-state index < -0.39 is 0 Å². The van der Waals surface area contributed by atoms with Gasteiger partial charge in [0.05, 0.1) is 11.3 Å². The number of hydrogen-bond acceptors (Lipinski definition) is 4. The van der Waals surface area contributed by atoms with Gasteiger partial charge in [-0.3, -0.25) is 9.78 Å². The van der Waals surface area contributed by atoms with Crippen molar-refractivity contribution in [2.45, 2.75) is 6.42 Å². The Kier molecular flexibility index (Phi) is 5.01. The number of nitrogens with zero attached hydrogens (tertiary/aromatic N) is 1. The fraction of sp³-hybridized carbons (Fsp3) is 0.0909. The lowest BCUT2D eigenvalue weighted by Gasteiger charge is -2.08. The summed E-state index contributed by atoms with van der Waals surface area (Å²) in [5.41, 5.74) is 4.72. The molecule has 1 amide bonds. The number of anilines is 3. The highest BCUT2D eigenvalue weighted by Crippen LogP contribution is 2.32. The fourth-order valence-corrected chi connectivity index (χ4v) is 3.05. The van der Waals surface area contributed by atoms with Crippen molar-refractivity contribution in [3.05, 3.63) is 90.1 Å². The Labute approximate surface area is 162 Å². The van der Waals surface area contributed by atoms with E-state index in [0.29, 0.717) is 16.8 Å². The number of rotatable bonds is 6. The molecule has 140 valence electrons. The van der Waals surface area contributed by atoms with Crippen LogP contribution in [0.3, 0.4) is 0 Å². The van der Waals surface area contributed by atoms with Crippen molar-refractivity contribution in [3.63, 3.8) is 0 Å². The molecule has 0 spiro atoms. The Bertz CT molecular complexity index is 1020. The monoisotopic (exact) mass is 374 g/mol. The Morgan fingerprint density at radius 2 is 1.89 bits per heavy atom. The molecule has 3 N–H and O–H groups in total. The van der Waals surface area contributed by atoms with E-state index in [1.807, 2.05) is 36.5 Å². The van der Waals surface area contributed by atoms with Gasteiger partial charge in [0.2, 0.25) is 0 Å². The van der Waals surface area contributed by atoms with E-state index in [9.17, 15) is 9.18 Å². The van der Waals surface area contributed by atoms with E-state index in [1.165, 1.54) is 17.7 Å². The molecule has 5 nitrogen and oxygen atoms in total. The zero-order valence-electron chi connectivity index (χ0n) is 15.1. The minimum Gasteiger partial charge on any atom is -0.385 e. The summed E-state index contributed by atoms with van der Waals surface area (Å²) >= 11 is 0. The van der Waals surface area contributed by atoms with E-state index in [0.717, 1.165) is 24.3 Å².